The van der Waals surface area contributed by atoms with E-state index in [0.29, 0.717) is 18.7 Å². The topological polar surface area (TPSA) is 72.3 Å². The van der Waals surface area contributed by atoms with Gasteiger partial charge in [0, 0.05) is 25.2 Å². The zero-order chi connectivity index (χ0) is 11.3. The van der Waals surface area contributed by atoms with Crippen LogP contribution in [0.1, 0.15) is 15.9 Å². The fourth-order valence-corrected chi connectivity index (χ4v) is 1.49. The van der Waals surface area contributed by atoms with Gasteiger partial charge >= 0.3 is 0 Å². The van der Waals surface area contributed by atoms with Crippen molar-refractivity contribution in [2.75, 3.05) is 20.1 Å². The van der Waals surface area contributed by atoms with Crippen molar-refractivity contribution in [2.45, 2.75) is 6.54 Å². The van der Waals surface area contributed by atoms with E-state index < -0.39 is 0 Å². The fraction of sp³-hybridized carbons (Fsp3) is 0.364. The maximum Gasteiger partial charge on any atom is 0.249 e. The molecular weight excluding hydrogens is 190 g/mol. The SMILES string of the molecule is CN(CCN)Cc1ccccc1C(N)=O. The molecule has 0 aliphatic rings. The molecule has 82 valence electrons. The van der Waals surface area contributed by atoms with Gasteiger partial charge in [0.25, 0.3) is 0 Å². The minimum absolute atomic E-state index is 0.383. The summed E-state index contributed by atoms with van der Waals surface area (Å²) in [5.74, 6) is -0.383. The molecule has 0 heterocycles. The first-order valence-electron chi connectivity index (χ1n) is 4.91. The van der Waals surface area contributed by atoms with Gasteiger partial charge in [0.1, 0.15) is 0 Å². The van der Waals surface area contributed by atoms with E-state index in [2.05, 4.69) is 4.90 Å². The molecule has 0 aliphatic heterocycles. The summed E-state index contributed by atoms with van der Waals surface area (Å²) >= 11 is 0. The van der Waals surface area contributed by atoms with Crippen molar-refractivity contribution in [3.63, 3.8) is 0 Å². The van der Waals surface area contributed by atoms with Gasteiger partial charge in [0.2, 0.25) is 5.91 Å². The van der Waals surface area contributed by atoms with Crippen LogP contribution in [0.3, 0.4) is 0 Å². The quantitative estimate of drug-likeness (QED) is 0.723. The summed E-state index contributed by atoms with van der Waals surface area (Å²) in [4.78, 5) is 13.2. The third-order valence-electron chi connectivity index (χ3n) is 2.23. The maximum absolute atomic E-state index is 11.1. The van der Waals surface area contributed by atoms with Crippen LogP contribution in [-0.4, -0.2) is 30.9 Å². The highest BCUT2D eigenvalue weighted by Gasteiger charge is 2.08. The molecule has 0 spiro atoms. The third-order valence-corrected chi connectivity index (χ3v) is 2.23. The molecule has 4 N–H and O–H groups in total. The van der Waals surface area contributed by atoms with Gasteiger partial charge < -0.3 is 16.4 Å². The lowest BCUT2D eigenvalue weighted by molar-refractivity contribution is 0.0998. The lowest BCUT2D eigenvalue weighted by atomic mass is 10.1. The van der Waals surface area contributed by atoms with Crippen molar-refractivity contribution in [3.05, 3.63) is 35.4 Å². The second-order valence-corrected chi connectivity index (χ2v) is 3.55. The van der Waals surface area contributed by atoms with Crippen LogP contribution in [0.5, 0.6) is 0 Å². The lowest BCUT2D eigenvalue weighted by Gasteiger charge is -2.16. The summed E-state index contributed by atoms with van der Waals surface area (Å²) in [6.07, 6.45) is 0. The fourth-order valence-electron chi connectivity index (χ4n) is 1.49. The molecule has 0 radical (unpaired) electrons. The Labute approximate surface area is 89.9 Å². The molecule has 1 amide bonds. The Hall–Kier alpha value is -1.39. The molecule has 1 aromatic rings. The summed E-state index contributed by atoms with van der Waals surface area (Å²) in [7, 11) is 1.96. The number of carbonyl (C=O) groups is 1. The average Bonchev–Trinajstić information content (AvgIpc) is 2.18. The van der Waals surface area contributed by atoms with E-state index >= 15 is 0 Å². The van der Waals surface area contributed by atoms with Crippen LogP contribution in [0.4, 0.5) is 0 Å². The summed E-state index contributed by atoms with van der Waals surface area (Å²) in [6, 6.07) is 7.37. The Kier molecular flexibility index (Phi) is 4.27. The number of likely N-dealkylation sites (N-methyl/N-ethyl adjacent to an activating group) is 1. The number of nitrogens with two attached hydrogens (primary N) is 2. The highest BCUT2D eigenvalue weighted by atomic mass is 16.1. The van der Waals surface area contributed by atoms with Gasteiger partial charge in [0.15, 0.2) is 0 Å². The van der Waals surface area contributed by atoms with E-state index in [1.165, 1.54) is 0 Å². The van der Waals surface area contributed by atoms with Gasteiger partial charge in [-0.15, -0.1) is 0 Å². The Bertz CT molecular complexity index is 338. The van der Waals surface area contributed by atoms with Crippen molar-refractivity contribution in [2.24, 2.45) is 11.5 Å². The standard InChI is InChI=1S/C11H17N3O/c1-14(7-6-12)8-9-4-2-3-5-10(9)11(13)15/h2-5H,6-8,12H2,1H3,(H2,13,15). The number of hydrogen-bond donors (Lipinski definition) is 2. The molecule has 0 atom stereocenters. The summed E-state index contributed by atoms with van der Waals surface area (Å²) < 4.78 is 0. The number of rotatable bonds is 5. The molecule has 1 aromatic carbocycles. The number of amides is 1. The van der Waals surface area contributed by atoms with Crippen molar-refractivity contribution in [3.8, 4) is 0 Å². The first-order valence-corrected chi connectivity index (χ1v) is 4.91. The molecule has 4 heteroatoms. The van der Waals surface area contributed by atoms with Gasteiger partial charge in [-0.25, -0.2) is 0 Å². The summed E-state index contributed by atoms with van der Waals surface area (Å²) in [5.41, 5.74) is 12.3. The van der Waals surface area contributed by atoms with Gasteiger partial charge in [-0.3, -0.25) is 4.79 Å². The van der Waals surface area contributed by atoms with Crippen molar-refractivity contribution in [1.82, 2.24) is 4.90 Å². The number of carbonyl (C=O) groups excluding carboxylic acids is 1. The van der Waals surface area contributed by atoms with Gasteiger partial charge in [-0.1, -0.05) is 18.2 Å². The second kappa shape index (κ2) is 5.48. The summed E-state index contributed by atoms with van der Waals surface area (Å²) in [5, 5.41) is 0. The van der Waals surface area contributed by atoms with Gasteiger partial charge in [-0.05, 0) is 18.7 Å². The number of benzene rings is 1. The maximum atomic E-state index is 11.1. The molecular formula is C11H17N3O. The van der Waals surface area contributed by atoms with Crippen molar-refractivity contribution < 1.29 is 4.79 Å². The zero-order valence-corrected chi connectivity index (χ0v) is 8.94. The predicted molar refractivity (Wildman–Crippen MR) is 60.3 cm³/mol. The Morgan fingerprint density at radius 1 is 1.40 bits per heavy atom. The van der Waals surface area contributed by atoms with Gasteiger partial charge in [0.05, 0.1) is 0 Å². The first-order chi connectivity index (χ1) is 7.15. The van der Waals surface area contributed by atoms with E-state index in [-0.39, 0.29) is 5.91 Å². The predicted octanol–water partition coefficient (Wildman–Crippen LogP) is 0.176. The van der Waals surface area contributed by atoms with Crippen LogP contribution in [-0.2, 0) is 6.54 Å². The molecule has 0 aromatic heterocycles. The van der Waals surface area contributed by atoms with Gasteiger partial charge in [-0.2, -0.15) is 0 Å². The number of hydrogen-bond acceptors (Lipinski definition) is 3. The molecule has 0 fully saturated rings. The summed E-state index contributed by atoms with van der Waals surface area (Å²) in [6.45, 7) is 2.10. The Balaban J connectivity index is 2.79. The van der Waals surface area contributed by atoms with E-state index in [9.17, 15) is 4.79 Å². The Morgan fingerprint density at radius 3 is 2.67 bits per heavy atom. The van der Waals surface area contributed by atoms with Crippen molar-refractivity contribution in [1.29, 1.82) is 0 Å². The number of nitrogens with zero attached hydrogens (tertiary/aromatic N) is 1. The minimum atomic E-state index is -0.383. The molecule has 0 aliphatic carbocycles. The van der Waals surface area contributed by atoms with E-state index in [4.69, 9.17) is 11.5 Å². The van der Waals surface area contributed by atoms with E-state index in [1.807, 2.05) is 25.2 Å². The highest BCUT2D eigenvalue weighted by Crippen LogP contribution is 2.09. The highest BCUT2D eigenvalue weighted by molar-refractivity contribution is 5.94. The van der Waals surface area contributed by atoms with Crippen LogP contribution in [0.15, 0.2) is 24.3 Å². The minimum Gasteiger partial charge on any atom is -0.366 e. The molecule has 0 saturated carbocycles. The monoisotopic (exact) mass is 207 g/mol. The van der Waals surface area contributed by atoms with Crippen LogP contribution in [0, 0.1) is 0 Å². The molecule has 0 bridgehead atoms. The van der Waals surface area contributed by atoms with E-state index in [0.717, 1.165) is 12.1 Å². The molecule has 1 rings (SSSR count). The molecule has 4 nitrogen and oxygen atoms in total. The van der Waals surface area contributed by atoms with Crippen LogP contribution >= 0.6 is 0 Å². The van der Waals surface area contributed by atoms with Crippen molar-refractivity contribution >= 4 is 5.91 Å². The van der Waals surface area contributed by atoms with E-state index in [1.54, 1.807) is 6.07 Å². The molecule has 15 heavy (non-hydrogen) atoms. The number of primary amides is 1. The third kappa shape index (κ3) is 3.34. The normalized spacial score (nSPS) is 10.6. The van der Waals surface area contributed by atoms with Crippen LogP contribution in [0.2, 0.25) is 0 Å². The largest absolute Gasteiger partial charge is 0.366 e. The average molecular weight is 207 g/mol. The molecule has 0 saturated heterocycles. The van der Waals surface area contributed by atoms with Crippen LogP contribution < -0.4 is 11.5 Å². The lowest BCUT2D eigenvalue weighted by Crippen LogP contribution is -2.26. The van der Waals surface area contributed by atoms with Crippen LogP contribution in [0.25, 0.3) is 0 Å². The first kappa shape index (κ1) is 11.7. The molecule has 0 unspecified atom stereocenters. The smallest absolute Gasteiger partial charge is 0.249 e. The second-order valence-electron chi connectivity index (χ2n) is 3.55. The Morgan fingerprint density at radius 2 is 2.07 bits per heavy atom. The zero-order valence-electron chi connectivity index (χ0n) is 8.94.